The fourth-order valence-corrected chi connectivity index (χ4v) is 3.63. The summed E-state index contributed by atoms with van der Waals surface area (Å²) in [5.41, 5.74) is 2.37. The van der Waals surface area contributed by atoms with Gasteiger partial charge in [0.2, 0.25) is 0 Å². The van der Waals surface area contributed by atoms with Crippen molar-refractivity contribution in [3.05, 3.63) is 53.0 Å². The van der Waals surface area contributed by atoms with Crippen LogP contribution in [0.4, 0.5) is 10.8 Å². The summed E-state index contributed by atoms with van der Waals surface area (Å²) in [5, 5.41) is 6.92. The van der Waals surface area contributed by atoms with Crippen molar-refractivity contribution < 1.29 is 0 Å². The number of rotatable bonds is 2. The molecular weight excluding hydrogens is 276 g/mol. The van der Waals surface area contributed by atoms with Gasteiger partial charge in [-0.2, -0.15) is 0 Å². The molecule has 1 aromatic heterocycles. The molecule has 0 bridgehead atoms. The molecule has 2 aromatic carbocycles. The van der Waals surface area contributed by atoms with Crippen molar-refractivity contribution in [3.63, 3.8) is 0 Å². The molecule has 0 amide bonds. The molecule has 0 aliphatic rings. The van der Waals surface area contributed by atoms with Gasteiger partial charge in [0, 0.05) is 21.4 Å². The second-order valence-corrected chi connectivity index (χ2v) is 7.53. The van der Waals surface area contributed by atoms with E-state index in [-0.39, 0.29) is 5.41 Å². The van der Waals surface area contributed by atoms with Gasteiger partial charge in [-0.3, -0.25) is 0 Å². The molecule has 1 N–H and O–H groups in total. The Kier molecular flexibility index (Phi) is 3.46. The van der Waals surface area contributed by atoms with Crippen LogP contribution in [0.1, 0.15) is 31.3 Å². The van der Waals surface area contributed by atoms with E-state index in [1.54, 1.807) is 11.3 Å². The van der Waals surface area contributed by atoms with Crippen LogP contribution in [0.3, 0.4) is 0 Å². The van der Waals surface area contributed by atoms with Gasteiger partial charge >= 0.3 is 0 Å². The molecular formula is C18H20N2S. The van der Waals surface area contributed by atoms with Crippen molar-refractivity contribution in [3.8, 4) is 0 Å². The highest BCUT2D eigenvalue weighted by Crippen LogP contribution is 2.34. The first-order chi connectivity index (χ1) is 9.95. The molecule has 21 heavy (non-hydrogen) atoms. The summed E-state index contributed by atoms with van der Waals surface area (Å²) in [6.07, 6.45) is 0. The first kappa shape index (κ1) is 14.1. The normalized spacial score (nSPS) is 11.8. The number of benzene rings is 2. The Morgan fingerprint density at radius 3 is 2.43 bits per heavy atom. The van der Waals surface area contributed by atoms with Gasteiger partial charge in [0.05, 0.1) is 5.69 Å². The zero-order valence-corrected chi connectivity index (χ0v) is 13.7. The predicted molar refractivity (Wildman–Crippen MR) is 92.8 cm³/mol. The second-order valence-electron chi connectivity index (χ2n) is 6.33. The summed E-state index contributed by atoms with van der Waals surface area (Å²) in [4.78, 5) is 6.07. The molecule has 0 radical (unpaired) electrons. The van der Waals surface area contributed by atoms with Gasteiger partial charge in [-0.05, 0) is 18.4 Å². The molecule has 0 saturated carbocycles. The van der Waals surface area contributed by atoms with E-state index in [4.69, 9.17) is 4.98 Å². The summed E-state index contributed by atoms with van der Waals surface area (Å²) in [6, 6.07) is 14.7. The summed E-state index contributed by atoms with van der Waals surface area (Å²) < 4.78 is 0. The monoisotopic (exact) mass is 296 g/mol. The average Bonchev–Trinajstić information content (AvgIpc) is 2.80. The van der Waals surface area contributed by atoms with E-state index in [1.165, 1.54) is 21.3 Å². The number of fused-ring (bicyclic) bond motifs is 1. The molecule has 3 heteroatoms. The standard InChI is InChI=1S/C18H20N2S/c1-12-16(18(2,3)4)20-17(21-12)19-15-11-7-9-13-8-5-6-10-14(13)15/h5-11H,1-4H3,(H,19,20). The lowest BCUT2D eigenvalue weighted by atomic mass is 9.92. The fourth-order valence-electron chi connectivity index (χ4n) is 2.60. The van der Waals surface area contributed by atoms with Crippen LogP contribution in [0.25, 0.3) is 10.8 Å². The summed E-state index contributed by atoms with van der Waals surface area (Å²) >= 11 is 1.72. The highest BCUT2D eigenvalue weighted by Gasteiger charge is 2.21. The van der Waals surface area contributed by atoms with Gasteiger partial charge < -0.3 is 5.32 Å². The SMILES string of the molecule is Cc1sc(Nc2cccc3ccccc23)nc1C(C)(C)C. The zero-order valence-electron chi connectivity index (χ0n) is 12.9. The Morgan fingerprint density at radius 2 is 1.71 bits per heavy atom. The van der Waals surface area contributed by atoms with E-state index in [1.807, 2.05) is 0 Å². The van der Waals surface area contributed by atoms with Crippen LogP contribution in [-0.4, -0.2) is 4.98 Å². The molecule has 3 rings (SSSR count). The maximum atomic E-state index is 4.79. The van der Waals surface area contributed by atoms with E-state index in [0.29, 0.717) is 0 Å². The molecule has 0 saturated heterocycles. The number of nitrogens with zero attached hydrogens (tertiary/aromatic N) is 1. The minimum atomic E-state index is 0.0826. The van der Waals surface area contributed by atoms with Crippen LogP contribution < -0.4 is 5.32 Å². The molecule has 3 aromatic rings. The van der Waals surface area contributed by atoms with Crippen LogP contribution in [0.15, 0.2) is 42.5 Å². The Morgan fingerprint density at radius 1 is 1.00 bits per heavy atom. The predicted octanol–water partition coefficient (Wildman–Crippen LogP) is 5.65. The smallest absolute Gasteiger partial charge is 0.187 e. The number of anilines is 2. The molecule has 0 aliphatic carbocycles. The maximum Gasteiger partial charge on any atom is 0.187 e. The zero-order chi connectivity index (χ0) is 15.0. The Hall–Kier alpha value is -1.87. The van der Waals surface area contributed by atoms with Crippen LogP contribution in [0, 0.1) is 6.92 Å². The number of aromatic nitrogens is 1. The molecule has 108 valence electrons. The summed E-state index contributed by atoms with van der Waals surface area (Å²) in [7, 11) is 0. The van der Waals surface area contributed by atoms with Gasteiger partial charge in [0.15, 0.2) is 5.13 Å². The van der Waals surface area contributed by atoms with Crippen molar-refractivity contribution in [2.45, 2.75) is 33.1 Å². The van der Waals surface area contributed by atoms with Crippen LogP contribution in [0.5, 0.6) is 0 Å². The quantitative estimate of drug-likeness (QED) is 0.661. The van der Waals surface area contributed by atoms with Gasteiger partial charge in [-0.15, -0.1) is 11.3 Å². The fraction of sp³-hybridized carbons (Fsp3) is 0.278. The van der Waals surface area contributed by atoms with E-state index in [2.05, 4.69) is 75.5 Å². The Bertz CT molecular complexity index is 776. The second kappa shape index (κ2) is 5.15. The molecule has 2 nitrogen and oxygen atoms in total. The minimum absolute atomic E-state index is 0.0826. The third kappa shape index (κ3) is 2.79. The number of nitrogens with one attached hydrogen (secondary N) is 1. The van der Waals surface area contributed by atoms with E-state index >= 15 is 0 Å². The molecule has 1 heterocycles. The Balaban J connectivity index is 2.00. The van der Waals surface area contributed by atoms with Crippen molar-refractivity contribution in [1.29, 1.82) is 0 Å². The van der Waals surface area contributed by atoms with E-state index in [9.17, 15) is 0 Å². The van der Waals surface area contributed by atoms with Crippen molar-refractivity contribution in [2.75, 3.05) is 5.32 Å². The van der Waals surface area contributed by atoms with Crippen molar-refractivity contribution >= 4 is 32.9 Å². The third-order valence-electron chi connectivity index (χ3n) is 3.54. The number of hydrogen-bond donors (Lipinski definition) is 1. The molecule has 0 aliphatic heterocycles. The van der Waals surface area contributed by atoms with Crippen LogP contribution in [0.2, 0.25) is 0 Å². The lowest BCUT2D eigenvalue weighted by Crippen LogP contribution is -2.13. The van der Waals surface area contributed by atoms with Gasteiger partial charge in [0.1, 0.15) is 0 Å². The topological polar surface area (TPSA) is 24.9 Å². The van der Waals surface area contributed by atoms with Gasteiger partial charge in [-0.25, -0.2) is 4.98 Å². The lowest BCUT2D eigenvalue weighted by molar-refractivity contribution is 0.570. The Labute approximate surface area is 129 Å². The molecule has 0 fully saturated rings. The number of hydrogen-bond acceptors (Lipinski definition) is 3. The first-order valence-corrected chi connectivity index (χ1v) is 7.99. The molecule has 0 atom stereocenters. The maximum absolute atomic E-state index is 4.79. The van der Waals surface area contributed by atoms with Crippen LogP contribution in [-0.2, 0) is 5.41 Å². The number of aryl methyl sites for hydroxylation is 1. The minimum Gasteiger partial charge on any atom is -0.331 e. The van der Waals surface area contributed by atoms with Gasteiger partial charge in [-0.1, -0.05) is 57.2 Å². The van der Waals surface area contributed by atoms with Gasteiger partial charge in [0.25, 0.3) is 0 Å². The molecule has 0 spiro atoms. The largest absolute Gasteiger partial charge is 0.331 e. The van der Waals surface area contributed by atoms with Crippen LogP contribution >= 0.6 is 11.3 Å². The van der Waals surface area contributed by atoms with Crippen molar-refractivity contribution in [1.82, 2.24) is 4.98 Å². The summed E-state index contributed by atoms with van der Waals surface area (Å²) in [6.45, 7) is 8.76. The average molecular weight is 296 g/mol. The number of thiazole rings is 1. The third-order valence-corrected chi connectivity index (χ3v) is 4.42. The molecule has 0 unspecified atom stereocenters. The first-order valence-electron chi connectivity index (χ1n) is 7.18. The van der Waals surface area contributed by atoms with E-state index in [0.717, 1.165) is 10.8 Å². The van der Waals surface area contributed by atoms with E-state index < -0.39 is 0 Å². The highest BCUT2D eigenvalue weighted by atomic mass is 32.1. The highest BCUT2D eigenvalue weighted by molar-refractivity contribution is 7.15. The lowest BCUT2D eigenvalue weighted by Gasteiger charge is -2.16. The van der Waals surface area contributed by atoms with Crippen molar-refractivity contribution in [2.24, 2.45) is 0 Å². The summed E-state index contributed by atoms with van der Waals surface area (Å²) in [5.74, 6) is 0.